The first-order valence-corrected chi connectivity index (χ1v) is 10.4. The Hall–Kier alpha value is -1.99. The Balaban J connectivity index is 1.71. The van der Waals surface area contributed by atoms with Crippen molar-refractivity contribution < 1.29 is 13.2 Å². The Morgan fingerprint density at radius 2 is 2.00 bits per heavy atom. The average molecular weight is 362 g/mol. The highest BCUT2D eigenvalue weighted by atomic mass is 32.2. The number of thioether (sulfide) groups is 1. The summed E-state index contributed by atoms with van der Waals surface area (Å²) in [5, 5.41) is 3.02. The zero-order valence-electron chi connectivity index (χ0n) is 13.2. The normalized spacial score (nSPS) is 14.1. The number of para-hydroxylation sites is 1. The number of benzene rings is 2. The number of anilines is 2. The van der Waals surface area contributed by atoms with E-state index < -0.39 is 9.84 Å². The van der Waals surface area contributed by atoms with Gasteiger partial charge in [-0.1, -0.05) is 18.2 Å². The summed E-state index contributed by atoms with van der Waals surface area (Å²) in [6.07, 6.45) is 1.17. The maximum Gasteiger partial charge on any atom is 0.246 e. The molecule has 126 valence electrons. The molecule has 3 rings (SSSR count). The van der Waals surface area contributed by atoms with Crippen molar-refractivity contribution in [3.05, 3.63) is 48.5 Å². The van der Waals surface area contributed by atoms with Gasteiger partial charge in [0.2, 0.25) is 5.91 Å². The maximum atomic E-state index is 12.6. The molecular formula is C17H18N2O3S2. The van der Waals surface area contributed by atoms with Crippen LogP contribution in [0.1, 0.15) is 0 Å². The molecule has 2 aromatic rings. The van der Waals surface area contributed by atoms with Gasteiger partial charge in [-0.3, -0.25) is 4.79 Å². The number of carbonyl (C=O) groups excluding carboxylic acids is 1. The van der Waals surface area contributed by atoms with E-state index in [1.807, 2.05) is 24.3 Å². The number of amides is 1. The minimum absolute atomic E-state index is 0.0347. The van der Waals surface area contributed by atoms with E-state index in [4.69, 9.17) is 0 Å². The summed E-state index contributed by atoms with van der Waals surface area (Å²) in [4.78, 5) is 15.7. The Labute approximate surface area is 146 Å². The van der Waals surface area contributed by atoms with Crippen molar-refractivity contribution in [2.75, 3.05) is 35.3 Å². The lowest BCUT2D eigenvalue weighted by Crippen LogP contribution is -2.39. The lowest BCUT2D eigenvalue weighted by molar-refractivity contribution is -0.117. The van der Waals surface area contributed by atoms with Crippen molar-refractivity contribution in [1.82, 2.24) is 0 Å². The minimum Gasteiger partial charge on any atom is -0.376 e. The molecule has 1 heterocycles. The number of hydrogen-bond donors (Lipinski definition) is 1. The number of carbonyl (C=O) groups is 1. The predicted molar refractivity (Wildman–Crippen MR) is 97.6 cm³/mol. The fourth-order valence-corrected chi connectivity index (χ4v) is 4.20. The Bertz CT molecular complexity index is 866. The smallest absolute Gasteiger partial charge is 0.246 e. The van der Waals surface area contributed by atoms with Gasteiger partial charge in [-0.25, -0.2) is 8.42 Å². The molecular weight excluding hydrogens is 344 g/mol. The van der Waals surface area contributed by atoms with Gasteiger partial charge in [0.25, 0.3) is 0 Å². The molecule has 1 aliphatic heterocycles. The fraction of sp³-hybridized carbons (Fsp3) is 0.235. The molecule has 0 aromatic heterocycles. The van der Waals surface area contributed by atoms with E-state index in [2.05, 4.69) is 5.32 Å². The van der Waals surface area contributed by atoms with E-state index >= 15 is 0 Å². The lowest BCUT2D eigenvalue weighted by Gasteiger charge is -2.29. The number of sulfone groups is 1. The van der Waals surface area contributed by atoms with Crippen LogP contribution in [0.5, 0.6) is 0 Å². The molecule has 0 bridgehead atoms. The number of fused-ring (bicyclic) bond motifs is 1. The topological polar surface area (TPSA) is 66.5 Å². The quantitative estimate of drug-likeness (QED) is 0.906. The third-order valence-corrected chi connectivity index (χ3v) is 5.89. The minimum atomic E-state index is -3.26. The predicted octanol–water partition coefficient (Wildman–Crippen LogP) is 2.64. The van der Waals surface area contributed by atoms with Crippen molar-refractivity contribution in [1.29, 1.82) is 0 Å². The van der Waals surface area contributed by atoms with Crippen LogP contribution in [0.3, 0.4) is 0 Å². The van der Waals surface area contributed by atoms with E-state index in [9.17, 15) is 13.2 Å². The molecule has 2 aromatic carbocycles. The van der Waals surface area contributed by atoms with Crippen LogP contribution in [0.4, 0.5) is 11.4 Å². The van der Waals surface area contributed by atoms with Crippen molar-refractivity contribution in [3.63, 3.8) is 0 Å². The number of nitrogens with zero attached hydrogens (tertiary/aromatic N) is 1. The number of nitrogens with one attached hydrogen (secondary N) is 1. The van der Waals surface area contributed by atoms with Gasteiger partial charge in [-0.15, -0.1) is 11.8 Å². The van der Waals surface area contributed by atoms with Gasteiger partial charge >= 0.3 is 0 Å². The van der Waals surface area contributed by atoms with Crippen LogP contribution in [-0.2, 0) is 14.6 Å². The van der Waals surface area contributed by atoms with Gasteiger partial charge in [-0.05, 0) is 30.3 Å². The van der Waals surface area contributed by atoms with Gasteiger partial charge in [0, 0.05) is 29.1 Å². The Morgan fingerprint density at radius 3 is 2.79 bits per heavy atom. The lowest BCUT2D eigenvalue weighted by atomic mass is 10.2. The summed E-state index contributed by atoms with van der Waals surface area (Å²) >= 11 is 1.75. The summed E-state index contributed by atoms with van der Waals surface area (Å²) < 4.78 is 23.2. The molecule has 0 spiro atoms. The standard InChI is InChI=1S/C17H18N2O3S2/c1-24(21,22)14-6-4-5-13(11-14)18-12-17(20)19-9-10-23-16-8-3-2-7-15(16)19/h2-8,11,18H,9-10,12H2,1H3. The van der Waals surface area contributed by atoms with E-state index in [1.54, 1.807) is 40.9 Å². The first kappa shape index (κ1) is 16.9. The van der Waals surface area contributed by atoms with Gasteiger partial charge in [0.05, 0.1) is 17.1 Å². The SMILES string of the molecule is CS(=O)(=O)c1cccc(NCC(=O)N2CCSc3ccccc32)c1. The summed E-state index contributed by atoms with van der Waals surface area (Å²) in [6, 6.07) is 14.4. The molecule has 1 N–H and O–H groups in total. The van der Waals surface area contributed by atoms with Crippen LogP contribution in [-0.4, -0.2) is 39.4 Å². The molecule has 0 unspecified atom stereocenters. The second-order valence-electron chi connectivity index (χ2n) is 5.52. The van der Waals surface area contributed by atoms with E-state index in [0.29, 0.717) is 12.2 Å². The highest BCUT2D eigenvalue weighted by molar-refractivity contribution is 7.99. The molecule has 0 aliphatic carbocycles. The molecule has 1 aliphatic rings. The summed E-state index contributed by atoms with van der Waals surface area (Å²) in [6.45, 7) is 0.789. The molecule has 1 amide bonds. The zero-order chi connectivity index (χ0) is 17.2. The van der Waals surface area contributed by atoms with E-state index in [0.717, 1.165) is 16.3 Å². The van der Waals surface area contributed by atoms with Crippen molar-refractivity contribution in [3.8, 4) is 0 Å². The number of rotatable bonds is 4. The van der Waals surface area contributed by atoms with Gasteiger partial charge in [0.15, 0.2) is 9.84 Å². The van der Waals surface area contributed by atoms with Crippen LogP contribution in [0, 0.1) is 0 Å². The molecule has 0 atom stereocenters. The summed E-state index contributed by atoms with van der Waals surface area (Å²) in [5.41, 5.74) is 1.55. The molecule has 0 saturated carbocycles. The Morgan fingerprint density at radius 1 is 1.21 bits per heavy atom. The highest BCUT2D eigenvalue weighted by Gasteiger charge is 2.22. The average Bonchev–Trinajstić information content (AvgIpc) is 2.58. The maximum absolute atomic E-state index is 12.6. The monoisotopic (exact) mass is 362 g/mol. The highest BCUT2D eigenvalue weighted by Crippen LogP contribution is 2.34. The van der Waals surface area contributed by atoms with Crippen molar-refractivity contribution in [2.24, 2.45) is 0 Å². The summed E-state index contributed by atoms with van der Waals surface area (Å²) in [7, 11) is -3.26. The van der Waals surface area contributed by atoms with Crippen molar-refractivity contribution >= 4 is 38.9 Å². The van der Waals surface area contributed by atoms with Crippen molar-refractivity contribution in [2.45, 2.75) is 9.79 Å². The van der Waals surface area contributed by atoms with E-state index in [1.165, 1.54) is 6.26 Å². The third kappa shape index (κ3) is 3.73. The Kier molecular flexibility index (Phi) is 4.82. The zero-order valence-corrected chi connectivity index (χ0v) is 14.9. The molecule has 0 radical (unpaired) electrons. The fourth-order valence-electron chi connectivity index (χ4n) is 2.54. The van der Waals surface area contributed by atoms with Crippen LogP contribution in [0.25, 0.3) is 0 Å². The first-order valence-electron chi connectivity index (χ1n) is 7.51. The van der Waals surface area contributed by atoms with Gasteiger partial charge < -0.3 is 10.2 Å². The summed E-state index contributed by atoms with van der Waals surface area (Å²) in [5.74, 6) is 0.833. The second kappa shape index (κ2) is 6.86. The molecule has 0 saturated heterocycles. The molecule has 7 heteroatoms. The van der Waals surface area contributed by atoms with Crippen LogP contribution in [0.2, 0.25) is 0 Å². The largest absolute Gasteiger partial charge is 0.376 e. The molecule has 5 nitrogen and oxygen atoms in total. The molecule has 0 fully saturated rings. The van der Waals surface area contributed by atoms with E-state index in [-0.39, 0.29) is 17.3 Å². The first-order chi connectivity index (χ1) is 11.4. The second-order valence-corrected chi connectivity index (χ2v) is 8.67. The number of hydrogen-bond acceptors (Lipinski definition) is 5. The van der Waals surface area contributed by atoms with Gasteiger partial charge in [-0.2, -0.15) is 0 Å². The van der Waals surface area contributed by atoms with Crippen LogP contribution in [0.15, 0.2) is 58.3 Å². The molecule has 24 heavy (non-hydrogen) atoms. The van der Waals surface area contributed by atoms with Gasteiger partial charge in [0.1, 0.15) is 0 Å². The van der Waals surface area contributed by atoms with Crippen LogP contribution >= 0.6 is 11.8 Å². The third-order valence-electron chi connectivity index (χ3n) is 3.74. The van der Waals surface area contributed by atoms with Crippen LogP contribution < -0.4 is 10.2 Å².